The van der Waals surface area contributed by atoms with Crippen LogP contribution < -0.4 is 5.23 Å². The quantitative estimate of drug-likeness (QED) is 0.622. The average molecular weight is 348 g/mol. The molecule has 0 saturated carbocycles. The third-order valence-electron chi connectivity index (χ3n) is 4.68. The van der Waals surface area contributed by atoms with Crippen molar-refractivity contribution in [3.8, 4) is 0 Å². The molecule has 0 atom stereocenters. The van der Waals surface area contributed by atoms with E-state index in [1.165, 1.54) is 5.57 Å². The minimum Gasteiger partial charge on any atom is -0.358 e. The molecule has 0 radical (unpaired) electrons. The van der Waals surface area contributed by atoms with E-state index in [2.05, 4.69) is 16.0 Å². The zero-order valence-corrected chi connectivity index (χ0v) is 14.5. The summed E-state index contributed by atoms with van der Waals surface area (Å²) in [6, 6.07) is 9.20. The Morgan fingerprint density at radius 2 is 2.12 bits per heavy atom. The Labute approximate surface area is 151 Å². The summed E-state index contributed by atoms with van der Waals surface area (Å²) >= 11 is 0. The Bertz CT molecular complexity index is 1000. The minimum absolute atomic E-state index is 0.141. The molecule has 6 heteroatoms. The second-order valence-electron chi connectivity index (χ2n) is 6.43. The van der Waals surface area contributed by atoms with Gasteiger partial charge < -0.3 is 4.98 Å². The van der Waals surface area contributed by atoms with Gasteiger partial charge in [-0.15, -0.1) is 5.23 Å². The molecule has 6 nitrogen and oxygen atoms in total. The lowest BCUT2D eigenvalue weighted by Gasteiger charge is -2.16. The highest BCUT2D eigenvalue weighted by Crippen LogP contribution is 2.30. The van der Waals surface area contributed by atoms with E-state index in [0.717, 1.165) is 52.8 Å². The highest BCUT2D eigenvalue weighted by Gasteiger charge is 2.16. The standard InChI is InChI=1S/C20H20N4O2/c1-13-17(18-11-16(24(25)26)6-7-19(18)23-13)10-14-4-3-9-22-20(14)15-5-2-8-21-12-15/h2,5-8,10-12,23,25-26H,3-4,9H2,1H3/b14-10+. The molecule has 0 saturated heterocycles. The zero-order valence-electron chi connectivity index (χ0n) is 14.5. The molecule has 0 bridgehead atoms. The fourth-order valence-corrected chi connectivity index (χ4v) is 3.42. The van der Waals surface area contributed by atoms with Crippen molar-refractivity contribution in [2.24, 2.45) is 4.99 Å². The van der Waals surface area contributed by atoms with E-state index in [1.807, 2.05) is 31.3 Å². The summed E-state index contributed by atoms with van der Waals surface area (Å²) in [7, 11) is 0. The zero-order chi connectivity index (χ0) is 18.1. The number of aromatic amines is 1. The van der Waals surface area contributed by atoms with E-state index in [4.69, 9.17) is 4.99 Å². The van der Waals surface area contributed by atoms with Gasteiger partial charge >= 0.3 is 0 Å². The van der Waals surface area contributed by atoms with Crippen LogP contribution in [0, 0.1) is 6.92 Å². The molecule has 1 aliphatic rings. The predicted octanol–water partition coefficient (Wildman–Crippen LogP) is 4.12. The molecular formula is C20H20N4O2. The number of hydrogen-bond acceptors (Lipinski definition) is 5. The van der Waals surface area contributed by atoms with E-state index in [1.54, 1.807) is 18.3 Å². The highest BCUT2D eigenvalue weighted by molar-refractivity contribution is 6.16. The van der Waals surface area contributed by atoms with Crippen LogP contribution in [0.25, 0.3) is 17.0 Å². The summed E-state index contributed by atoms with van der Waals surface area (Å²) in [4.78, 5) is 12.3. The molecule has 3 heterocycles. The van der Waals surface area contributed by atoms with E-state index >= 15 is 0 Å². The molecule has 132 valence electrons. The van der Waals surface area contributed by atoms with Crippen LogP contribution in [0.2, 0.25) is 0 Å². The topological polar surface area (TPSA) is 84.7 Å². The number of H-pyrrole nitrogens is 1. The number of hydrogen-bond donors (Lipinski definition) is 3. The molecule has 0 amide bonds. The van der Waals surface area contributed by atoms with Gasteiger partial charge in [0, 0.05) is 46.7 Å². The molecule has 2 aromatic heterocycles. The molecule has 0 fully saturated rings. The Morgan fingerprint density at radius 3 is 2.88 bits per heavy atom. The van der Waals surface area contributed by atoms with Crippen molar-refractivity contribution in [2.45, 2.75) is 19.8 Å². The van der Waals surface area contributed by atoms with E-state index in [-0.39, 0.29) is 5.23 Å². The Morgan fingerprint density at radius 1 is 1.23 bits per heavy atom. The summed E-state index contributed by atoms with van der Waals surface area (Å²) in [5.74, 6) is 0. The lowest BCUT2D eigenvalue weighted by Crippen LogP contribution is -2.12. The molecule has 0 spiro atoms. The summed E-state index contributed by atoms with van der Waals surface area (Å²) < 4.78 is 0. The first-order chi connectivity index (χ1) is 12.6. The van der Waals surface area contributed by atoms with E-state index in [9.17, 15) is 10.4 Å². The minimum atomic E-state index is 0.141. The second-order valence-corrected chi connectivity index (χ2v) is 6.43. The van der Waals surface area contributed by atoms with Gasteiger partial charge in [-0.05, 0) is 61.7 Å². The fraction of sp³-hybridized carbons (Fsp3) is 0.200. The Balaban J connectivity index is 1.84. The first kappa shape index (κ1) is 16.5. The van der Waals surface area contributed by atoms with Gasteiger partial charge in [-0.3, -0.25) is 20.4 Å². The van der Waals surface area contributed by atoms with Gasteiger partial charge in [-0.1, -0.05) is 0 Å². The van der Waals surface area contributed by atoms with Crippen molar-refractivity contribution in [2.75, 3.05) is 11.8 Å². The summed E-state index contributed by atoms with van der Waals surface area (Å²) in [6.07, 6.45) is 7.72. The highest BCUT2D eigenvalue weighted by atomic mass is 16.8. The van der Waals surface area contributed by atoms with Crippen LogP contribution in [0.15, 0.2) is 53.3 Å². The van der Waals surface area contributed by atoms with Gasteiger partial charge in [0.2, 0.25) is 0 Å². The molecule has 3 N–H and O–H groups in total. The number of pyridine rings is 1. The molecule has 3 aromatic rings. The van der Waals surface area contributed by atoms with Crippen LogP contribution in [0.4, 0.5) is 5.69 Å². The first-order valence-corrected chi connectivity index (χ1v) is 8.59. The molecule has 1 aromatic carbocycles. The number of aryl methyl sites for hydroxylation is 1. The Kier molecular flexibility index (Phi) is 4.28. The van der Waals surface area contributed by atoms with Gasteiger partial charge in [0.25, 0.3) is 0 Å². The molecule has 1 aliphatic heterocycles. The smallest absolute Gasteiger partial charge is 0.0950 e. The molecule has 0 unspecified atom stereocenters. The van der Waals surface area contributed by atoms with Crippen molar-refractivity contribution in [3.05, 3.63) is 65.1 Å². The van der Waals surface area contributed by atoms with E-state index < -0.39 is 0 Å². The molecule has 26 heavy (non-hydrogen) atoms. The van der Waals surface area contributed by atoms with Crippen LogP contribution >= 0.6 is 0 Å². The maximum Gasteiger partial charge on any atom is 0.0950 e. The monoisotopic (exact) mass is 348 g/mol. The number of aliphatic imine (C=N–C) groups is 1. The number of anilines is 1. The lowest BCUT2D eigenvalue weighted by molar-refractivity contribution is 0.0292. The number of aromatic nitrogens is 2. The summed E-state index contributed by atoms with van der Waals surface area (Å²) in [6.45, 7) is 2.84. The number of rotatable bonds is 3. The number of fused-ring (bicyclic) bond motifs is 1. The normalized spacial score (nSPS) is 16.1. The SMILES string of the molecule is Cc1[nH]c2ccc(N(O)O)cc2c1/C=C1\CCCN=C1c1cccnc1. The van der Waals surface area contributed by atoms with Crippen molar-refractivity contribution in [1.29, 1.82) is 0 Å². The molecule has 4 rings (SSSR count). The third-order valence-corrected chi connectivity index (χ3v) is 4.68. The van der Waals surface area contributed by atoms with Gasteiger partial charge in [0.15, 0.2) is 0 Å². The van der Waals surface area contributed by atoms with Gasteiger partial charge in [-0.2, -0.15) is 0 Å². The number of nitrogens with one attached hydrogen (secondary N) is 1. The Hall–Kier alpha value is -2.96. The summed E-state index contributed by atoms with van der Waals surface area (Å²) in [5, 5.41) is 19.7. The van der Waals surface area contributed by atoms with E-state index in [0.29, 0.717) is 5.69 Å². The van der Waals surface area contributed by atoms with Crippen LogP contribution in [0.3, 0.4) is 0 Å². The predicted molar refractivity (Wildman–Crippen MR) is 102 cm³/mol. The fourth-order valence-electron chi connectivity index (χ4n) is 3.42. The van der Waals surface area contributed by atoms with Gasteiger partial charge in [0.1, 0.15) is 0 Å². The summed E-state index contributed by atoms with van der Waals surface area (Å²) in [5.41, 5.74) is 6.52. The molecular weight excluding hydrogens is 328 g/mol. The largest absolute Gasteiger partial charge is 0.358 e. The average Bonchev–Trinajstić information content (AvgIpc) is 2.97. The van der Waals surface area contributed by atoms with Crippen LogP contribution in [-0.4, -0.2) is 32.6 Å². The lowest BCUT2D eigenvalue weighted by atomic mass is 9.94. The van der Waals surface area contributed by atoms with Crippen molar-refractivity contribution >= 4 is 28.4 Å². The van der Waals surface area contributed by atoms with Crippen molar-refractivity contribution in [1.82, 2.24) is 9.97 Å². The number of benzene rings is 1. The van der Waals surface area contributed by atoms with Crippen LogP contribution in [-0.2, 0) is 0 Å². The molecule has 0 aliphatic carbocycles. The van der Waals surface area contributed by atoms with Gasteiger partial charge in [-0.25, -0.2) is 0 Å². The third kappa shape index (κ3) is 3.00. The van der Waals surface area contributed by atoms with Gasteiger partial charge in [0.05, 0.1) is 11.4 Å². The maximum atomic E-state index is 9.33. The van der Waals surface area contributed by atoms with Crippen LogP contribution in [0.1, 0.15) is 29.7 Å². The number of nitrogens with zero attached hydrogens (tertiary/aromatic N) is 3. The number of allylic oxidation sites excluding steroid dienone is 1. The van der Waals surface area contributed by atoms with Crippen molar-refractivity contribution in [3.63, 3.8) is 0 Å². The second kappa shape index (κ2) is 6.74. The maximum absolute atomic E-state index is 9.33. The van der Waals surface area contributed by atoms with Crippen molar-refractivity contribution < 1.29 is 10.4 Å². The first-order valence-electron chi connectivity index (χ1n) is 8.59. The van der Waals surface area contributed by atoms with Crippen LogP contribution in [0.5, 0.6) is 0 Å².